The highest BCUT2D eigenvalue weighted by Gasteiger charge is 2.45. The Labute approximate surface area is 109 Å². The molecule has 1 nitrogen and oxygen atoms in total. The Morgan fingerprint density at radius 1 is 1.24 bits per heavy atom. The van der Waals surface area contributed by atoms with E-state index in [9.17, 15) is 0 Å². The highest BCUT2D eigenvalue weighted by Crippen LogP contribution is 2.48. The lowest BCUT2D eigenvalue weighted by molar-refractivity contribution is 0.133. The molecule has 2 atom stereocenters. The molecule has 0 spiro atoms. The normalized spacial score (nSPS) is 32.2. The van der Waals surface area contributed by atoms with Crippen molar-refractivity contribution in [2.75, 3.05) is 6.54 Å². The van der Waals surface area contributed by atoms with E-state index in [1.54, 1.807) is 0 Å². The average Bonchev–Trinajstić information content (AvgIpc) is 3.14. The summed E-state index contributed by atoms with van der Waals surface area (Å²) in [7, 11) is 0. The lowest BCUT2D eigenvalue weighted by atomic mass is 9.57. The molecule has 2 heteroatoms. The number of hydrogen-bond acceptors (Lipinski definition) is 1. The monoisotopic (exact) mass is 249 g/mol. The van der Waals surface area contributed by atoms with Gasteiger partial charge in [-0.2, -0.15) is 0 Å². The molecule has 0 saturated heterocycles. The molecule has 2 saturated carbocycles. The number of benzene rings is 1. The highest BCUT2D eigenvalue weighted by atomic mass is 35.5. The van der Waals surface area contributed by atoms with E-state index in [0.29, 0.717) is 5.41 Å². The van der Waals surface area contributed by atoms with Crippen molar-refractivity contribution >= 4 is 11.6 Å². The van der Waals surface area contributed by atoms with Crippen LogP contribution in [0.2, 0.25) is 5.02 Å². The van der Waals surface area contributed by atoms with E-state index in [2.05, 4.69) is 24.4 Å². The van der Waals surface area contributed by atoms with Gasteiger partial charge in [-0.15, -0.1) is 0 Å². The molecule has 1 aromatic carbocycles. The molecular weight excluding hydrogens is 230 g/mol. The molecule has 0 amide bonds. The Balaban J connectivity index is 1.80. The van der Waals surface area contributed by atoms with Gasteiger partial charge in [0.05, 0.1) is 0 Å². The maximum atomic E-state index is 5.98. The predicted molar refractivity (Wildman–Crippen MR) is 72.6 cm³/mol. The summed E-state index contributed by atoms with van der Waals surface area (Å²) in [6.07, 6.45) is 5.40. The van der Waals surface area contributed by atoms with Crippen LogP contribution >= 0.6 is 11.6 Å². The second-order valence-corrected chi connectivity index (χ2v) is 6.19. The molecule has 17 heavy (non-hydrogen) atoms. The number of rotatable bonds is 4. The van der Waals surface area contributed by atoms with Crippen LogP contribution in [0.5, 0.6) is 0 Å². The Morgan fingerprint density at radius 3 is 2.41 bits per heavy atom. The molecular formula is C15H20ClN. The SMILES string of the molecule is CC1CCC1(CNC1CC1)c1ccc(Cl)cc1. The maximum absolute atomic E-state index is 5.98. The lowest BCUT2D eigenvalue weighted by Gasteiger charge is -2.49. The fraction of sp³-hybridized carbons (Fsp3) is 0.600. The average molecular weight is 250 g/mol. The summed E-state index contributed by atoms with van der Waals surface area (Å²) in [5.41, 5.74) is 1.83. The first-order valence-electron chi connectivity index (χ1n) is 6.70. The van der Waals surface area contributed by atoms with Crippen molar-refractivity contribution in [1.82, 2.24) is 5.32 Å². The summed E-state index contributed by atoms with van der Waals surface area (Å²) < 4.78 is 0. The minimum absolute atomic E-state index is 0.368. The second-order valence-electron chi connectivity index (χ2n) is 5.76. The van der Waals surface area contributed by atoms with E-state index in [-0.39, 0.29) is 0 Å². The van der Waals surface area contributed by atoms with Gasteiger partial charge in [-0.25, -0.2) is 0 Å². The summed E-state index contributed by atoms with van der Waals surface area (Å²) >= 11 is 5.98. The van der Waals surface area contributed by atoms with Crippen molar-refractivity contribution in [3.63, 3.8) is 0 Å². The summed E-state index contributed by atoms with van der Waals surface area (Å²) in [5.74, 6) is 0.787. The van der Waals surface area contributed by atoms with Crippen LogP contribution in [-0.2, 0) is 5.41 Å². The molecule has 92 valence electrons. The van der Waals surface area contributed by atoms with Crippen LogP contribution in [0, 0.1) is 5.92 Å². The Kier molecular flexibility index (Phi) is 2.92. The van der Waals surface area contributed by atoms with Gasteiger partial charge in [-0.1, -0.05) is 30.7 Å². The van der Waals surface area contributed by atoms with Crippen LogP contribution in [0.25, 0.3) is 0 Å². The minimum atomic E-state index is 0.368. The van der Waals surface area contributed by atoms with Gasteiger partial charge in [0.2, 0.25) is 0 Å². The van der Waals surface area contributed by atoms with Gasteiger partial charge in [-0.3, -0.25) is 0 Å². The van der Waals surface area contributed by atoms with E-state index in [0.717, 1.165) is 23.5 Å². The second kappa shape index (κ2) is 4.29. The van der Waals surface area contributed by atoms with Crippen molar-refractivity contribution < 1.29 is 0 Å². The molecule has 1 N–H and O–H groups in total. The largest absolute Gasteiger partial charge is 0.313 e. The van der Waals surface area contributed by atoms with Crippen LogP contribution in [0.15, 0.2) is 24.3 Å². The third-order valence-corrected chi connectivity index (χ3v) is 4.92. The minimum Gasteiger partial charge on any atom is -0.313 e. The summed E-state index contributed by atoms with van der Waals surface area (Å²) in [4.78, 5) is 0. The first-order chi connectivity index (χ1) is 8.21. The molecule has 2 aliphatic carbocycles. The predicted octanol–water partition coefficient (Wildman–Crippen LogP) is 3.76. The first-order valence-corrected chi connectivity index (χ1v) is 7.08. The van der Waals surface area contributed by atoms with Crippen LogP contribution in [-0.4, -0.2) is 12.6 Å². The maximum Gasteiger partial charge on any atom is 0.0406 e. The molecule has 2 fully saturated rings. The zero-order valence-electron chi connectivity index (χ0n) is 10.4. The first kappa shape index (κ1) is 11.6. The fourth-order valence-electron chi connectivity index (χ4n) is 2.97. The molecule has 0 aliphatic heterocycles. The van der Waals surface area contributed by atoms with Gasteiger partial charge in [0.15, 0.2) is 0 Å². The Morgan fingerprint density at radius 2 is 1.94 bits per heavy atom. The summed E-state index contributed by atoms with van der Waals surface area (Å²) in [6, 6.07) is 9.28. The summed E-state index contributed by atoms with van der Waals surface area (Å²) in [6.45, 7) is 3.52. The molecule has 2 aliphatic rings. The van der Waals surface area contributed by atoms with E-state index in [1.165, 1.54) is 31.2 Å². The van der Waals surface area contributed by atoms with Crippen molar-refractivity contribution in [2.45, 2.75) is 44.1 Å². The molecule has 0 radical (unpaired) electrons. The van der Waals surface area contributed by atoms with Crippen LogP contribution in [0.4, 0.5) is 0 Å². The number of nitrogens with one attached hydrogen (secondary N) is 1. The topological polar surface area (TPSA) is 12.0 Å². The van der Waals surface area contributed by atoms with Crippen LogP contribution in [0.1, 0.15) is 38.2 Å². The quantitative estimate of drug-likeness (QED) is 0.857. The molecule has 3 rings (SSSR count). The lowest BCUT2D eigenvalue weighted by Crippen LogP contribution is -2.50. The van der Waals surface area contributed by atoms with Gasteiger partial charge in [0.1, 0.15) is 0 Å². The van der Waals surface area contributed by atoms with Gasteiger partial charge in [0.25, 0.3) is 0 Å². The van der Waals surface area contributed by atoms with E-state index in [4.69, 9.17) is 11.6 Å². The van der Waals surface area contributed by atoms with E-state index in [1.807, 2.05) is 12.1 Å². The Bertz CT molecular complexity index is 396. The zero-order valence-corrected chi connectivity index (χ0v) is 11.1. The van der Waals surface area contributed by atoms with Crippen molar-refractivity contribution in [1.29, 1.82) is 0 Å². The molecule has 1 aromatic rings. The van der Waals surface area contributed by atoms with Gasteiger partial charge in [-0.05, 0) is 49.3 Å². The fourth-order valence-corrected chi connectivity index (χ4v) is 3.10. The number of hydrogen-bond donors (Lipinski definition) is 1. The zero-order chi connectivity index (χ0) is 11.9. The van der Waals surface area contributed by atoms with Crippen LogP contribution < -0.4 is 5.32 Å². The Hall–Kier alpha value is -0.530. The molecule has 0 bridgehead atoms. The summed E-state index contributed by atoms with van der Waals surface area (Å²) in [5, 5.41) is 4.55. The number of halogens is 1. The van der Waals surface area contributed by atoms with Crippen LogP contribution in [0.3, 0.4) is 0 Å². The van der Waals surface area contributed by atoms with Gasteiger partial charge >= 0.3 is 0 Å². The molecule has 0 aromatic heterocycles. The highest BCUT2D eigenvalue weighted by molar-refractivity contribution is 6.30. The smallest absolute Gasteiger partial charge is 0.0406 e. The third kappa shape index (κ3) is 2.11. The third-order valence-electron chi connectivity index (χ3n) is 4.67. The van der Waals surface area contributed by atoms with Gasteiger partial charge in [0, 0.05) is 23.0 Å². The van der Waals surface area contributed by atoms with Crippen molar-refractivity contribution in [2.24, 2.45) is 5.92 Å². The van der Waals surface area contributed by atoms with E-state index >= 15 is 0 Å². The van der Waals surface area contributed by atoms with E-state index < -0.39 is 0 Å². The van der Waals surface area contributed by atoms with Crippen molar-refractivity contribution in [3.8, 4) is 0 Å². The molecule has 0 heterocycles. The van der Waals surface area contributed by atoms with Crippen molar-refractivity contribution in [3.05, 3.63) is 34.9 Å². The van der Waals surface area contributed by atoms with Gasteiger partial charge < -0.3 is 5.32 Å². The molecule has 2 unspecified atom stereocenters. The standard InChI is InChI=1S/C15H20ClN/c1-11-8-9-15(11,10-17-14-6-7-14)12-2-4-13(16)5-3-12/h2-5,11,14,17H,6-10H2,1H3.